The van der Waals surface area contributed by atoms with E-state index in [2.05, 4.69) is 5.32 Å². The van der Waals surface area contributed by atoms with Gasteiger partial charge in [-0.3, -0.25) is 0 Å². The summed E-state index contributed by atoms with van der Waals surface area (Å²) in [6.45, 7) is 5.28. The van der Waals surface area contributed by atoms with Crippen LogP contribution in [0.3, 0.4) is 0 Å². The molecule has 2 atom stereocenters. The maximum Gasteiger partial charge on any atom is 0.408 e. The van der Waals surface area contributed by atoms with Crippen LogP contribution >= 0.6 is 0 Å². The third kappa shape index (κ3) is 3.97. The van der Waals surface area contributed by atoms with E-state index in [4.69, 9.17) is 18.9 Å². The lowest BCUT2D eigenvalue weighted by Gasteiger charge is -2.23. The molecule has 1 amide bonds. The number of benzene rings is 1. The van der Waals surface area contributed by atoms with Gasteiger partial charge < -0.3 is 24.3 Å². The van der Waals surface area contributed by atoms with Gasteiger partial charge in [0.25, 0.3) is 0 Å². The first-order chi connectivity index (χ1) is 11.7. The fourth-order valence-electron chi connectivity index (χ4n) is 2.82. The molecule has 0 aliphatic heterocycles. The van der Waals surface area contributed by atoms with Crippen molar-refractivity contribution in [1.29, 1.82) is 0 Å². The molecule has 0 bridgehead atoms. The van der Waals surface area contributed by atoms with Crippen LogP contribution in [0.1, 0.15) is 38.7 Å². The fraction of sp³-hybridized carbons (Fsp3) is 0.556. The van der Waals surface area contributed by atoms with Crippen molar-refractivity contribution >= 4 is 12.1 Å². The van der Waals surface area contributed by atoms with Crippen LogP contribution in [-0.4, -0.2) is 44.5 Å². The van der Waals surface area contributed by atoms with Crippen LogP contribution in [0.25, 0.3) is 0 Å². The number of hydrogen-bond acceptors (Lipinski definition) is 6. The highest BCUT2D eigenvalue weighted by Gasteiger charge is 2.63. The van der Waals surface area contributed by atoms with Crippen LogP contribution in [0.2, 0.25) is 0 Å². The first-order valence-electron chi connectivity index (χ1n) is 7.98. The van der Waals surface area contributed by atoms with Crippen molar-refractivity contribution in [2.24, 2.45) is 0 Å². The van der Waals surface area contributed by atoms with E-state index in [0.29, 0.717) is 17.9 Å². The third-order valence-corrected chi connectivity index (χ3v) is 4.04. The minimum atomic E-state index is -1.13. The molecule has 0 heterocycles. The molecule has 7 heteroatoms. The predicted octanol–water partition coefficient (Wildman–Crippen LogP) is 2.63. The van der Waals surface area contributed by atoms with Crippen molar-refractivity contribution < 1.29 is 28.5 Å². The number of amides is 1. The molecule has 1 aliphatic rings. The molecule has 0 aromatic heterocycles. The molecule has 138 valence electrons. The number of nitrogens with one attached hydrogen (secondary N) is 1. The van der Waals surface area contributed by atoms with Crippen molar-refractivity contribution in [3.63, 3.8) is 0 Å². The SMILES string of the molecule is COC(=O)[C@]1(NC(=O)OC(C)(C)C)C[C@H]1c1ccc(OC)c(OC)c1. The zero-order chi connectivity index (χ0) is 18.8. The predicted molar refractivity (Wildman–Crippen MR) is 91.0 cm³/mol. The molecule has 0 saturated heterocycles. The summed E-state index contributed by atoms with van der Waals surface area (Å²) in [5, 5.41) is 2.68. The van der Waals surface area contributed by atoms with E-state index in [1.807, 2.05) is 6.07 Å². The lowest BCUT2D eigenvalue weighted by atomic mass is 10.1. The van der Waals surface area contributed by atoms with Gasteiger partial charge in [0.2, 0.25) is 0 Å². The zero-order valence-corrected chi connectivity index (χ0v) is 15.5. The number of ether oxygens (including phenoxy) is 4. The summed E-state index contributed by atoms with van der Waals surface area (Å²) in [5.41, 5.74) is -0.940. The molecular weight excluding hydrogens is 326 g/mol. The van der Waals surface area contributed by atoms with E-state index < -0.39 is 23.2 Å². The number of alkyl carbamates (subject to hydrolysis) is 1. The van der Waals surface area contributed by atoms with E-state index in [-0.39, 0.29) is 5.92 Å². The van der Waals surface area contributed by atoms with E-state index in [9.17, 15) is 9.59 Å². The molecule has 1 fully saturated rings. The Morgan fingerprint density at radius 3 is 2.28 bits per heavy atom. The number of hydrogen-bond donors (Lipinski definition) is 1. The van der Waals surface area contributed by atoms with Crippen LogP contribution in [0.5, 0.6) is 11.5 Å². The van der Waals surface area contributed by atoms with Gasteiger partial charge >= 0.3 is 12.1 Å². The molecule has 1 aliphatic carbocycles. The van der Waals surface area contributed by atoms with E-state index in [1.54, 1.807) is 47.1 Å². The van der Waals surface area contributed by atoms with Gasteiger partial charge in [-0.25, -0.2) is 9.59 Å². The molecule has 0 unspecified atom stereocenters. The van der Waals surface area contributed by atoms with Crippen molar-refractivity contribution in [3.05, 3.63) is 23.8 Å². The molecule has 1 aromatic carbocycles. The Morgan fingerprint density at radius 1 is 1.12 bits per heavy atom. The summed E-state index contributed by atoms with van der Waals surface area (Å²) < 4.78 is 20.7. The van der Waals surface area contributed by atoms with Crippen LogP contribution in [0, 0.1) is 0 Å². The highest BCUT2D eigenvalue weighted by atomic mass is 16.6. The molecule has 1 N–H and O–H groups in total. The van der Waals surface area contributed by atoms with Crippen LogP contribution in [0.15, 0.2) is 18.2 Å². The topological polar surface area (TPSA) is 83.1 Å². The van der Waals surface area contributed by atoms with E-state index in [1.165, 1.54) is 7.11 Å². The molecular formula is C18H25NO6. The lowest BCUT2D eigenvalue weighted by molar-refractivity contribution is -0.144. The first-order valence-corrected chi connectivity index (χ1v) is 7.98. The van der Waals surface area contributed by atoms with Crippen molar-refractivity contribution in [1.82, 2.24) is 5.32 Å². The number of carbonyl (C=O) groups is 2. The first kappa shape index (κ1) is 18.9. The van der Waals surface area contributed by atoms with Crippen molar-refractivity contribution in [2.45, 2.75) is 44.2 Å². The minimum absolute atomic E-state index is 0.229. The van der Waals surface area contributed by atoms with Gasteiger partial charge in [0, 0.05) is 5.92 Å². The Balaban J connectivity index is 2.25. The van der Waals surface area contributed by atoms with Gasteiger partial charge in [0.05, 0.1) is 21.3 Å². The average Bonchev–Trinajstić information content (AvgIpc) is 3.26. The van der Waals surface area contributed by atoms with Crippen molar-refractivity contribution in [3.8, 4) is 11.5 Å². The van der Waals surface area contributed by atoms with Gasteiger partial charge in [0.1, 0.15) is 11.1 Å². The lowest BCUT2D eigenvalue weighted by Crippen LogP contribution is -2.47. The highest BCUT2D eigenvalue weighted by Crippen LogP contribution is 2.53. The summed E-state index contributed by atoms with van der Waals surface area (Å²) in [4.78, 5) is 24.5. The van der Waals surface area contributed by atoms with Gasteiger partial charge in [-0.05, 0) is 44.9 Å². The highest BCUT2D eigenvalue weighted by molar-refractivity contribution is 5.91. The Labute approximate surface area is 147 Å². The largest absolute Gasteiger partial charge is 0.493 e. The molecule has 0 radical (unpaired) electrons. The summed E-state index contributed by atoms with van der Waals surface area (Å²) in [6, 6.07) is 5.40. The number of carbonyl (C=O) groups excluding carboxylic acids is 2. The maximum atomic E-state index is 12.3. The fourth-order valence-corrected chi connectivity index (χ4v) is 2.82. The summed E-state index contributed by atoms with van der Waals surface area (Å²) in [5.74, 6) is 0.420. The van der Waals surface area contributed by atoms with Crippen LogP contribution < -0.4 is 14.8 Å². The molecule has 1 aromatic rings. The zero-order valence-electron chi connectivity index (χ0n) is 15.5. The quantitative estimate of drug-likeness (QED) is 0.821. The van der Waals surface area contributed by atoms with Gasteiger partial charge in [0.15, 0.2) is 11.5 Å². The average molecular weight is 351 g/mol. The molecule has 25 heavy (non-hydrogen) atoms. The van der Waals surface area contributed by atoms with Gasteiger partial charge in [-0.1, -0.05) is 6.07 Å². The monoisotopic (exact) mass is 351 g/mol. The number of methoxy groups -OCH3 is 3. The standard InChI is InChI=1S/C18H25NO6/c1-17(2,3)25-16(21)19-18(15(20)24-6)10-12(18)11-7-8-13(22-4)14(9-11)23-5/h7-9,12H,10H2,1-6H3,(H,19,21)/t12-,18-/m0/s1. The second-order valence-corrected chi connectivity index (χ2v) is 6.96. The number of esters is 1. The Hall–Kier alpha value is -2.44. The normalized spacial score (nSPS) is 21.9. The summed E-state index contributed by atoms with van der Waals surface area (Å²) in [6.07, 6.45) is -0.227. The molecule has 7 nitrogen and oxygen atoms in total. The molecule has 2 rings (SSSR count). The smallest absolute Gasteiger partial charge is 0.408 e. The third-order valence-electron chi connectivity index (χ3n) is 4.04. The summed E-state index contributed by atoms with van der Waals surface area (Å²) in [7, 11) is 4.39. The van der Waals surface area contributed by atoms with E-state index in [0.717, 1.165) is 5.56 Å². The van der Waals surface area contributed by atoms with Crippen molar-refractivity contribution in [2.75, 3.05) is 21.3 Å². The summed E-state index contributed by atoms with van der Waals surface area (Å²) >= 11 is 0. The Morgan fingerprint density at radius 2 is 1.76 bits per heavy atom. The Bertz CT molecular complexity index is 666. The van der Waals surface area contributed by atoms with Crippen LogP contribution in [0.4, 0.5) is 4.79 Å². The molecule has 1 saturated carbocycles. The second kappa shape index (κ2) is 6.82. The van der Waals surface area contributed by atoms with E-state index >= 15 is 0 Å². The Kier molecular flexibility index (Phi) is 5.15. The molecule has 0 spiro atoms. The minimum Gasteiger partial charge on any atom is -0.493 e. The van der Waals surface area contributed by atoms with Crippen LogP contribution in [-0.2, 0) is 14.3 Å². The van der Waals surface area contributed by atoms with Gasteiger partial charge in [-0.2, -0.15) is 0 Å². The van der Waals surface area contributed by atoms with Gasteiger partial charge in [-0.15, -0.1) is 0 Å². The maximum absolute atomic E-state index is 12.3. The number of rotatable bonds is 5. The second-order valence-electron chi connectivity index (χ2n) is 6.96.